The molecule has 1 aromatic carbocycles. The average molecular weight is 369 g/mol. The number of hydrogen-bond donors (Lipinski definition) is 1. The Balaban J connectivity index is 1.74. The van der Waals surface area contributed by atoms with Gasteiger partial charge in [0.05, 0.1) is 16.8 Å². The highest BCUT2D eigenvalue weighted by Gasteiger charge is 2.10. The van der Waals surface area contributed by atoms with Crippen LogP contribution in [0.1, 0.15) is 12.0 Å². The number of nitrogens with two attached hydrogens (primary N) is 1. The summed E-state index contributed by atoms with van der Waals surface area (Å²) in [4.78, 5) is 13.7. The van der Waals surface area contributed by atoms with Gasteiger partial charge in [-0.05, 0) is 57.2 Å². The predicted octanol–water partition coefficient (Wildman–Crippen LogP) is 3.52. The number of carbonyl (C=O) groups excluding carboxylic acids is 1. The number of thiophene rings is 1. The highest BCUT2D eigenvalue weighted by Crippen LogP contribution is 2.21. The number of nitrogens with zero attached hydrogens (tertiary/aromatic N) is 1. The van der Waals surface area contributed by atoms with Gasteiger partial charge in [-0.2, -0.15) is 0 Å². The van der Waals surface area contributed by atoms with Gasteiger partial charge in [-0.3, -0.25) is 4.79 Å². The van der Waals surface area contributed by atoms with Crippen molar-refractivity contribution in [1.29, 1.82) is 0 Å². The van der Waals surface area contributed by atoms with E-state index in [0.717, 1.165) is 15.1 Å². The van der Waals surface area contributed by atoms with E-state index in [1.807, 2.05) is 11.4 Å². The van der Waals surface area contributed by atoms with Crippen LogP contribution in [0.2, 0.25) is 0 Å². The predicted molar refractivity (Wildman–Crippen MR) is 89.5 cm³/mol. The Kier molecular flexibility index (Phi) is 5.64. The lowest BCUT2D eigenvalue weighted by molar-refractivity contribution is -0.130. The number of rotatable bonds is 6. The Labute approximate surface area is 136 Å². The van der Waals surface area contributed by atoms with Crippen molar-refractivity contribution in [3.8, 4) is 5.75 Å². The summed E-state index contributed by atoms with van der Waals surface area (Å²) >= 11 is 5.04. The van der Waals surface area contributed by atoms with Gasteiger partial charge in [0.15, 0.2) is 0 Å². The highest BCUT2D eigenvalue weighted by molar-refractivity contribution is 9.11. The van der Waals surface area contributed by atoms with E-state index in [1.165, 1.54) is 0 Å². The lowest BCUT2D eigenvalue weighted by atomic mass is 10.3. The number of halogens is 1. The van der Waals surface area contributed by atoms with Crippen LogP contribution in [0.15, 0.2) is 39.5 Å². The van der Waals surface area contributed by atoms with Crippen LogP contribution in [-0.2, 0) is 11.3 Å². The molecule has 0 aliphatic carbocycles. The topological polar surface area (TPSA) is 55.6 Å². The van der Waals surface area contributed by atoms with Crippen molar-refractivity contribution in [3.63, 3.8) is 0 Å². The summed E-state index contributed by atoms with van der Waals surface area (Å²) in [6.07, 6.45) is 0.353. The summed E-state index contributed by atoms with van der Waals surface area (Å²) in [5.41, 5.74) is 7.42. The summed E-state index contributed by atoms with van der Waals surface area (Å²) in [6.45, 7) is 0.975. The monoisotopic (exact) mass is 368 g/mol. The van der Waals surface area contributed by atoms with Crippen molar-refractivity contribution in [2.24, 2.45) is 0 Å². The van der Waals surface area contributed by atoms with E-state index in [9.17, 15) is 4.79 Å². The molecule has 0 atom stereocenters. The second-order valence-corrected chi connectivity index (χ2v) is 6.97. The van der Waals surface area contributed by atoms with E-state index in [1.54, 1.807) is 47.5 Å². The third-order valence-electron chi connectivity index (χ3n) is 2.93. The Morgan fingerprint density at radius 1 is 1.38 bits per heavy atom. The molecule has 2 aromatic rings. The summed E-state index contributed by atoms with van der Waals surface area (Å²) in [7, 11) is 1.80. The minimum absolute atomic E-state index is 0.0627. The molecule has 6 heteroatoms. The molecule has 1 heterocycles. The van der Waals surface area contributed by atoms with Crippen LogP contribution in [0.5, 0.6) is 5.75 Å². The van der Waals surface area contributed by atoms with Gasteiger partial charge < -0.3 is 15.4 Å². The zero-order valence-electron chi connectivity index (χ0n) is 11.7. The molecule has 112 valence electrons. The van der Waals surface area contributed by atoms with Crippen molar-refractivity contribution in [3.05, 3.63) is 45.1 Å². The highest BCUT2D eigenvalue weighted by atomic mass is 79.9. The molecular formula is C15H17BrN2O2S. The van der Waals surface area contributed by atoms with Crippen LogP contribution < -0.4 is 10.5 Å². The fraction of sp³-hybridized carbons (Fsp3) is 0.267. The number of carbonyl (C=O) groups is 1. The molecule has 0 bridgehead atoms. The molecule has 0 saturated heterocycles. The maximum absolute atomic E-state index is 12.0. The van der Waals surface area contributed by atoms with Gasteiger partial charge in [0, 0.05) is 19.3 Å². The van der Waals surface area contributed by atoms with Crippen LogP contribution in [0.3, 0.4) is 0 Å². The summed E-state index contributed by atoms with van der Waals surface area (Å²) < 4.78 is 6.60. The normalized spacial score (nSPS) is 10.4. The molecule has 0 spiro atoms. The van der Waals surface area contributed by atoms with E-state index in [0.29, 0.717) is 25.3 Å². The maximum atomic E-state index is 12.0. The van der Waals surface area contributed by atoms with Crippen LogP contribution in [-0.4, -0.2) is 24.5 Å². The van der Waals surface area contributed by atoms with Crippen molar-refractivity contribution < 1.29 is 9.53 Å². The number of ether oxygens (including phenoxy) is 1. The number of amides is 1. The van der Waals surface area contributed by atoms with E-state index < -0.39 is 0 Å². The van der Waals surface area contributed by atoms with Gasteiger partial charge in [0.25, 0.3) is 0 Å². The fourth-order valence-corrected chi connectivity index (χ4v) is 3.00. The largest absolute Gasteiger partial charge is 0.493 e. The number of hydrogen-bond acceptors (Lipinski definition) is 4. The van der Waals surface area contributed by atoms with Crippen LogP contribution >= 0.6 is 27.3 Å². The third-order valence-corrected chi connectivity index (χ3v) is 4.49. The zero-order chi connectivity index (χ0) is 15.2. The molecule has 1 aromatic heterocycles. The van der Waals surface area contributed by atoms with Gasteiger partial charge in [0.1, 0.15) is 5.75 Å². The molecule has 0 saturated carbocycles. The first-order valence-electron chi connectivity index (χ1n) is 6.50. The third kappa shape index (κ3) is 5.06. The summed E-state index contributed by atoms with van der Waals surface area (Å²) in [5, 5.41) is 2.04. The molecule has 4 nitrogen and oxygen atoms in total. The van der Waals surface area contributed by atoms with Crippen LogP contribution in [0, 0.1) is 0 Å². The minimum atomic E-state index is 0.0627. The van der Waals surface area contributed by atoms with E-state index >= 15 is 0 Å². The summed E-state index contributed by atoms with van der Waals surface area (Å²) in [5.74, 6) is 0.786. The van der Waals surface area contributed by atoms with E-state index in [4.69, 9.17) is 10.5 Å². The second kappa shape index (κ2) is 7.47. The molecule has 0 fully saturated rings. The van der Waals surface area contributed by atoms with E-state index in [2.05, 4.69) is 15.9 Å². The van der Waals surface area contributed by atoms with Crippen molar-refractivity contribution in [2.45, 2.75) is 13.0 Å². The molecule has 2 N–H and O–H groups in total. The number of nitrogen functional groups attached to an aromatic ring is 1. The first-order chi connectivity index (χ1) is 10.0. The molecule has 1 amide bonds. The van der Waals surface area contributed by atoms with Gasteiger partial charge in [-0.15, -0.1) is 11.3 Å². The lowest BCUT2D eigenvalue weighted by Gasteiger charge is -2.16. The summed E-state index contributed by atoms with van der Waals surface area (Å²) in [6, 6.07) is 9.17. The first-order valence-corrected chi connectivity index (χ1v) is 8.17. The van der Waals surface area contributed by atoms with Gasteiger partial charge >= 0.3 is 0 Å². The molecular weight excluding hydrogens is 352 g/mol. The molecule has 0 aliphatic heterocycles. The second-order valence-electron chi connectivity index (χ2n) is 4.68. The van der Waals surface area contributed by atoms with Crippen LogP contribution in [0.25, 0.3) is 0 Å². The zero-order valence-corrected chi connectivity index (χ0v) is 14.1. The van der Waals surface area contributed by atoms with Gasteiger partial charge in [-0.1, -0.05) is 0 Å². The Morgan fingerprint density at radius 3 is 2.71 bits per heavy atom. The Hall–Kier alpha value is -1.53. The standard InChI is InChI=1S/C15H17BrN2O2S/c1-18(9-11-8-14(16)21-10-11)15(19)6-7-20-13-4-2-12(17)3-5-13/h2-5,8,10H,6-7,9,17H2,1H3. The lowest BCUT2D eigenvalue weighted by Crippen LogP contribution is -2.27. The maximum Gasteiger partial charge on any atom is 0.226 e. The smallest absolute Gasteiger partial charge is 0.226 e. The molecule has 21 heavy (non-hydrogen) atoms. The number of benzene rings is 1. The van der Waals surface area contributed by atoms with Gasteiger partial charge in [-0.25, -0.2) is 0 Å². The Morgan fingerprint density at radius 2 is 2.10 bits per heavy atom. The quantitative estimate of drug-likeness (QED) is 0.793. The van der Waals surface area contributed by atoms with Gasteiger partial charge in [0.2, 0.25) is 5.91 Å². The van der Waals surface area contributed by atoms with E-state index in [-0.39, 0.29) is 5.91 Å². The fourth-order valence-electron chi connectivity index (χ4n) is 1.80. The first kappa shape index (κ1) is 15.9. The SMILES string of the molecule is CN(Cc1csc(Br)c1)C(=O)CCOc1ccc(N)cc1. The van der Waals surface area contributed by atoms with Crippen LogP contribution in [0.4, 0.5) is 5.69 Å². The molecule has 2 rings (SSSR count). The molecule has 0 radical (unpaired) electrons. The average Bonchev–Trinajstić information content (AvgIpc) is 2.86. The van der Waals surface area contributed by atoms with Crippen molar-refractivity contribution in [2.75, 3.05) is 19.4 Å². The van der Waals surface area contributed by atoms with Crippen molar-refractivity contribution >= 4 is 38.9 Å². The Bertz CT molecular complexity index is 598. The number of anilines is 1. The minimum Gasteiger partial charge on any atom is -0.493 e. The van der Waals surface area contributed by atoms with Crippen molar-refractivity contribution in [1.82, 2.24) is 4.90 Å². The molecule has 0 unspecified atom stereocenters. The molecule has 0 aliphatic rings.